The minimum absolute atomic E-state index is 0.0347. The molecule has 2 fully saturated rings. The summed E-state index contributed by atoms with van der Waals surface area (Å²) in [5.74, 6) is 0.124. The Labute approximate surface area is 164 Å². The number of carbonyl (C=O) groups excluding carboxylic acids is 2. The van der Waals surface area contributed by atoms with Crippen LogP contribution in [0.15, 0.2) is 36.9 Å². The van der Waals surface area contributed by atoms with Crippen LogP contribution in [0.5, 0.6) is 0 Å². The number of aryl methyl sites for hydroxylation is 1. The molecule has 7 nitrogen and oxygen atoms in total. The van der Waals surface area contributed by atoms with Gasteiger partial charge in [-0.1, -0.05) is 0 Å². The summed E-state index contributed by atoms with van der Waals surface area (Å²) in [7, 11) is 0. The van der Waals surface area contributed by atoms with Gasteiger partial charge >= 0.3 is 0 Å². The molecule has 4 heterocycles. The van der Waals surface area contributed by atoms with Gasteiger partial charge in [-0.05, 0) is 43.9 Å². The summed E-state index contributed by atoms with van der Waals surface area (Å²) in [4.78, 5) is 41.7. The van der Waals surface area contributed by atoms with Gasteiger partial charge in [-0.3, -0.25) is 19.6 Å². The second-order valence-electron chi connectivity index (χ2n) is 7.98. The number of pyridine rings is 1. The van der Waals surface area contributed by atoms with Crippen molar-refractivity contribution < 1.29 is 9.59 Å². The number of aromatic nitrogens is 3. The molecule has 0 saturated carbocycles. The molecule has 1 spiro atoms. The zero-order valence-corrected chi connectivity index (χ0v) is 16.2. The van der Waals surface area contributed by atoms with E-state index in [1.165, 1.54) is 0 Å². The lowest BCUT2D eigenvalue weighted by atomic mass is 9.73. The molecular weight excluding hydrogens is 354 g/mol. The highest BCUT2D eigenvalue weighted by atomic mass is 16.2. The van der Waals surface area contributed by atoms with Gasteiger partial charge in [-0.15, -0.1) is 0 Å². The monoisotopic (exact) mass is 379 g/mol. The summed E-state index contributed by atoms with van der Waals surface area (Å²) in [6.45, 7) is 4.54. The van der Waals surface area contributed by atoms with E-state index in [0.717, 1.165) is 37.1 Å². The van der Waals surface area contributed by atoms with Crippen molar-refractivity contribution in [3.63, 3.8) is 0 Å². The number of nitrogens with zero attached hydrogens (tertiary/aromatic N) is 5. The van der Waals surface area contributed by atoms with Gasteiger partial charge in [0, 0.05) is 56.6 Å². The maximum atomic E-state index is 12.9. The Bertz CT molecular complexity index is 855. The lowest BCUT2D eigenvalue weighted by Crippen LogP contribution is -2.54. The molecule has 2 aromatic heterocycles. The third kappa shape index (κ3) is 3.88. The van der Waals surface area contributed by atoms with Crippen molar-refractivity contribution >= 4 is 11.8 Å². The smallest absolute Gasteiger partial charge is 0.274 e. The molecule has 1 unspecified atom stereocenters. The molecule has 2 saturated heterocycles. The van der Waals surface area contributed by atoms with E-state index in [1.54, 1.807) is 24.8 Å². The minimum Gasteiger partial charge on any atom is -0.338 e. The molecule has 0 radical (unpaired) electrons. The molecule has 2 aromatic rings. The minimum atomic E-state index is -0.0656. The third-order valence-electron chi connectivity index (χ3n) is 5.82. The molecule has 2 amide bonds. The fourth-order valence-corrected chi connectivity index (χ4v) is 4.33. The zero-order valence-electron chi connectivity index (χ0n) is 16.2. The van der Waals surface area contributed by atoms with E-state index in [4.69, 9.17) is 0 Å². The van der Waals surface area contributed by atoms with Crippen molar-refractivity contribution in [3.05, 3.63) is 53.9 Å². The van der Waals surface area contributed by atoms with Crippen molar-refractivity contribution in [3.8, 4) is 0 Å². The first kappa shape index (κ1) is 18.5. The first-order chi connectivity index (χ1) is 13.5. The van der Waals surface area contributed by atoms with Crippen LogP contribution in [0, 0.1) is 12.3 Å². The molecule has 2 aliphatic heterocycles. The van der Waals surface area contributed by atoms with E-state index in [-0.39, 0.29) is 17.2 Å². The molecule has 7 heteroatoms. The first-order valence-electron chi connectivity index (χ1n) is 9.79. The van der Waals surface area contributed by atoms with E-state index < -0.39 is 0 Å². The average molecular weight is 379 g/mol. The molecule has 146 valence electrons. The lowest BCUT2D eigenvalue weighted by molar-refractivity contribution is -0.139. The van der Waals surface area contributed by atoms with Crippen molar-refractivity contribution in [1.29, 1.82) is 0 Å². The van der Waals surface area contributed by atoms with E-state index in [9.17, 15) is 9.59 Å². The second kappa shape index (κ2) is 7.66. The van der Waals surface area contributed by atoms with Crippen LogP contribution in [0.1, 0.15) is 47.4 Å². The summed E-state index contributed by atoms with van der Waals surface area (Å²) in [5.41, 5.74) is 2.24. The van der Waals surface area contributed by atoms with Crippen molar-refractivity contribution in [1.82, 2.24) is 24.8 Å². The van der Waals surface area contributed by atoms with Gasteiger partial charge in [0.15, 0.2) is 0 Å². The molecule has 0 aromatic carbocycles. The van der Waals surface area contributed by atoms with Gasteiger partial charge in [0.25, 0.3) is 5.91 Å². The Morgan fingerprint density at radius 3 is 2.71 bits per heavy atom. The first-order valence-corrected chi connectivity index (χ1v) is 9.79. The molecule has 0 N–H and O–H groups in total. The summed E-state index contributed by atoms with van der Waals surface area (Å²) in [6.07, 6.45) is 10.0. The Hall–Kier alpha value is -2.83. The topological polar surface area (TPSA) is 79.3 Å². The van der Waals surface area contributed by atoms with Crippen LogP contribution in [0.2, 0.25) is 0 Å². The number of likely N-dealkylation sites (tertiary alicyclic amines) is 2. The van der Waals surface area contributed by atoms with E-state index >= 15 is 0 Å². The highest BCUT2D eigenvalue weighted by molar-refractivity contribution is 5.92. The van der Waals surface area contributed by atoms with Crippen LogP contribution in [0.25, 0.3) is 0 Å². The number of hydrogen-bond acceptors (Lipinski definition) is 5. The van der Waals surface area contributed by atoms with E-state index in [1.807, 2.05) is 28.9 Å². The van der Waals surface area contributed by atoms with Gasteiger partial charge in [0.2, 0.25) is 5.91 Å². The fourth-order valence-electron chi connectivity index (χ4n) is 4.33. The number of piperidine rings is 2. The molecule has 28 heavy (non-hydrogen) atoms. The van der Waals surface area contributed by atoms with Crippen LogP contribution >= 0.6 is 0 Å². The normalized spacial score (nSPS) is 22.5. The Morgan fingerprint density at radius 1 is 1.14 bits per heavy atom. The maximum Gasteiger partial charge on any atom is 0.274 e. The lowest BCUT2D eigenvalue weighted by Gasteiger charge is -2.48. The third-order valence-corrected chi connectivity index (χ3v) is 5.82. The SMILES string of the molecule is Cc1cnc(C(=O)N2CCCC3(CCC(=O)N(Cc4ccncc4)C3)C2)cn1. The van der Waals surface area contributed by atoms with Crippen LogP contribution in [-0.4, -0.2) is 56.2 Å². The molecular formula is C21H25N5O2. The summed E-state index contributed by atoms with van der Waals surface area (Å²) >= 11 is 0. The van der Waals surface area contributed by atoms with Crippen LogP contribution in [0.3, 0.4) is 0 Å². The predicted molar refractivity (Wildman–Crippen MR) is 103 cm³/mol. The number of amides is 2. The standard InChI is InChI=1S/C21H25N5O2/c1-16-11-24-18(12-23-16)20(28)25-10-2-6-21(14-25)7-3-19(27)26(15-21)13-17-4-8-22-9-5-17/h4-5,8-9,11-12H,2-3,6-7,10,13-15H2,1H3. The fraction of sp³-hybridized carbons (Fsp3) is 0.476. The Morgan fingerprint density at radius 2 is 1.96 bits per heavy atom. The van der Waals surface area contributed by atoms with Crippen molar-refractivity contribution in [2.24, 2.45) is 5.41 Å². The van der Waals surface area contributed by atoms with Crippen molar-refractivity contribution in [2.75, 3.05) is 19.6 Å². The van der Waals surface area contributed by atoms with E-state index in [2.05, 4.69) is 15.0 Å². The Kier molecular flexibility index (Phi) is 5.07. The van der Waals surface area contributed by atoms with Crippen LogP contribution in [-0.2, 0) is 11.3 Å². The summed E-state index contributed by atoms with van der Waals surface area (Å²) in [6, 6.07) is 3.89. The molecule has 1 atom stereocenters. The van der Waals surface area contributed by atoms with Gasteiger partial charge in [0.1, 0.15) is 5.69 Å². The maximum absolute atomic E-state index is 12.9. The van der Waals surface area contributed by atoms with Crippen molar-refractivity contribution in [2.45, 2.75) is 39.2 Å². The molecule has 0 bridgehead atoms. The number of rotatable bonds is 3. The second-order valence-corrected chi connectivity index (χ2v) is 7.98. The van der Waals surface area contributed by atoms with Crippen LogP contribution in [0.4, 0.5) is 0 Å². The van der Waals surface area contributed by atoms with Gasteiger partial charge < -0.3 is 9.80 Å². The summed E-state index contributed by atoms with van der Waals surface area (Å²) < 4.78 is 0. The molecule has 2 aliphatic rings. The number of hydrogen-bond donors (Lipinski definition) is 0. The quantitative estimate of drug-likeness (QED) is 0.817. The molecule has 0 aliphatic carbocycles. The largest absolute Gasteiger partial charge is 0.338 e. The molecule has 4 rings (SSSR count). The number of carbonyl (C=O) groups is 2. The van der Waals surface area contributed by atoms with Gasteiger partial charge in [0.05, 0.1) is 11.9 Å². The van der Waals surface area contributed by atoms with Gasteiger partial charge in [-0.2, -0.15) is 0 Å². The van der Waals surface area contributed by atoms with E-state index in [0.29, 0.717) is 31.7 Å². The van der Waals surface area contributed by atoms with Crippen LogP contribution < -0.4 is 0 Å². The zero-order chi connectivity index (χ0) is 19.6. The highest BCUT2D eigenvalue weighted by Gasteiger charge is 2.43. The summed E-state index contributed by atoms with van der Waals surface area (Å²) in [5, 5.41) is 0. The highest BCUT2D eigenvalue weighted by Crippen LogP contribution is 2.39. The predicted octanol–water partition coefficient (Wildman–Crippen LogP) is 2.23. The van der Waals surface area contributed by atoms with Gasteiger partial charge in [-0.25, -0.2) is 4.98 Å². The average Bonchev–Trinajstić information content (AvgIpc) is 2.72. The Balaban J connectivity index is 1.48.